The molecule has 0 radical (unpaired) electrons. The van der Waals surface area contributed by atoms with Crippen LogP contribution in [0.1, 0.15) is 49.6 Å². The lowest BCUT2D eigenvalue weighted by Gasteiger charge is -2.25. The van der Waals surface area contributed by atoms with Gasteiger partial charge >= 0.3 is 5.97 Å². The second kappa shape index (κ2) is 6.93. The second-order valence-electron chi connectivity index (χ2n) is 5.00. The fraction of sp³-hybridized carbons (Fsp3) is 0.692. The number of H-pyrrole nitrogens is 1. The molecule has 0 aliphatic carbocycles. The number of thioether (sulfide) groups is 1. The van der Waals surface area contributed by atoms with Gasteiger partial charge in [0.2, 0.25) is 5.82 Å². The molecule has 116 valence electrons. The molecule has 0 aromatic carbocycles. The van der Waals surface area contributed by atoms with Crippen molar-refractivity contribution in [3.63, 3.8) is 0 Å². The first kappa shape index (κ1) is 15.8. The number of carbonyl (C=O) groups is 2. The van der Waals surface area contributed by atoms with E-state index in [-0.39, 0.29) is 11.2 Å². The largest absolute Gasteiger partial charge is 0.480 e. The van der Waals surface area contributed by atoms with Gasteiger partial charge in [-0.05, 0) is 12.8 Å². The third-order valence-corrected chi connectivity index (χ3v) is 4.71. The van der Waals surface area contributed by atoms with Crippen LogP contribution in [0.15, 0.2) is 0 Å². The van der Waals surface area contributed by atoms with Gasteiger partial charge in [-0.1, -0.05) is 20.3 Å². The van der Waals surface area contributed by atoms with E-state index in [2.05, 4.69) is 15.2 Å². The Labute approximate surface area is 127 Å². The first-order chi connectivity index (χ1) is 10.1. The number of nitrogens with one attached hydrogen (secondary N) is 1. The standard InChI is InChI=1S/C13H20N4O3S/c1-3-5-9-14-11(16-15-9)12(18)17-8(13(19)20)7-21-10(17)6-4-2/h8,10H,3-7H2,1-2H3,(H,19,20)(H,14,15,16). The number of nitrogens with zero attached hydrogens (tertiary/aromatic N) is 3. The summed E-state index contributed by atoms with van der Waals surface area (Å²) in [6, 6.07) is -0.799. The van der Waals surface area contributed by atoms with Gasteiger partial charge in [-0.3, -0.25) is 9.89 Å². The highest BCUT2D eigenvalue weighted by Crippen LogP contribution is 2.33. The first-order valence-electron chi connectivity index (χ1n) is 7.16. The van der Waals surface area contributed by atoms with Crippen molar-refractivity contribution < 1.29 is 14.7 Å². The molecule has 1 aliphatic rings. The quantitative estimate of drug-likeness (QED) is 0.826. The number of aliphatic carboxylic acids is 1. The molecular formula is C13H20N4O3S. The van der Waals surface area contributed by atoms with Crippen molar-refractivity contribution in [2.45, 2.75) is 50.9 Å². The highest BCUT2D eigenvalue weighted by atomic mass is 32.2. The van der Waals surface area contributed by atoms with Crippen molar-refractivity contribution in [2.24, 2.45) is 0 Å². The van der Waals surface area contributed by atoms with Crippen LogP contribution in [0.25, 0.3) is 0 Å². The predicted molar refractivity (Wildman–Crippen MR) is 79.1 cm³/mol. The van der Waals surface area contributed by atoms with Gasteiger partial charge in [-0.15, -0.1) is 16.9 Å². The Morgan fingerprint density at radius 1 is 1.43 bits per heavy atom. The number of amides is 1. The van der Waals surface area contributed by atoms with Gasteiger partial charge in [0.25, 0.3) is 5.91 Å². The van der Waals surface area contributed by atoms with E-state index in [4.69, 9.17) is 0 Å². The number of hydrogen-bond donors (Lipinski definition) is 2. The molecule has 21 heavy (non-hydrogen) atoms. The van der Waals surface area contributed by atoms with Gasteiger partial charge in [0, 0.05) is 12.2 Å². The maximum absolute atomic E-state index is 12.6. The molecule has 1 aromatic rings. The van der Waals surface area contributed by atoms with E-state index in [1.165, 1.54) is 16.7 Å². The van der Waals surface area contributed by atoms with Gasteiger partial charge in [0.1, 0.15) is 11.9 Å². The van der Waals surface area contributed by atoms with Crippen molar-refractivity contribution in [2.75, 3.05) is 5.75 Å². The van der Waals surface area contributed by atoms with E-state index in [0.29, 0.717) is 11.6 Å². The third kappa shape index (κ3) is 3.37. The highest BCUT2D eigenvalue weighted by Gasteiger charge is 2.42. The SMILES string of the molecule is CCCc1nc(C(=O)N2C(CCC)SCC2C(=O)O)n[nH]1. The summed E-state index contributed by atoms with van der Waals surface area (Å²) in [5.74, 6) is -0.235. The van der Waals surface area contributed by atoms with Crippen LogP contribution in [0, 0.1) is 0 Å². The average molecular weight is 312 g/mol. The summed E-state index contributed by atoms with van der Waals surface area (Å²) in [5, 5.41) is 15.9. The van der Waals surface area contributed by atoms with Crippen LogP contribution in [0.5, 0.6) is 0 Å². The average Bonchev–Trinajstić information content (AvgIpc) is 3.06. The summed E-state index contributed by atoms with van der Waals surface area (Å²) in [6.45, 7) is 4.03. The van der Waals surface area contributed by atoms with Crippen molar-refractivity contribution in [3.8, 4) is 0 Å². The molecule has 1 amide bonds. The number of carbonyl (C=O) groups excluding carboxylic acids is 1. The van der Waals surface area contributed by atoms with Crippen LogP contribution < -0.4 is 0 Å². The Morgan fingerprint density at radius 3 is 2.81 bits per heavy atom. The maximum atomic E-state index is 12.6. The van der Waals surface area contributed by atoms with Crippen molar-refractivity contribution in [1.82, 2.24) is 20.1 Å². The number of rotatable bonds is 6. The minimum Gasteiger partial charge on any atom is -0.480 e. The summed E-state index contributed by atoms with van der Waals surface area (Å²) in [6.07, 6.45) is 3.28. The Bertz CT molecular complexity index is 519. The summed E-state index contributed by atoms with van der Waals surface area (Å²) >= 11 is 1.51. The molecule has 0 saturated carbocycles. The predicted octanol–water partition coefficient (Wildman–Crippen LogP) is 1.53. The monoisotopic (exact) mass is 312 g/mol. The van der Waals surface area contributed by atoms with E-state index >= 15 is 0 Å². The van der Waals surface area contributed by atoms with Crippen molar-refractivity contribution >= 4 is 23.6 Å². The number of hydrogen-bond acceptors (Lipinski definition) is 5. The molecule has 7 nitrogen and oxygen atoms in total. The molecule has 2 atom stereocenters. The van der Waals surface area contributed by atoms with Gasteiger partial charge in [-0.2, -0.15) is 0 Å². The lowest BCUT2D eigenvalue weighted by Crippen LogP contribution is -2.46. The van der Waals surface area contributed by atoms with E-state index in [0.717, 1.165) is 25.7 Å². The molecule has 1 saturated heterocycles. The lowest BCUT2D eigenvalue weighted by molar-refractivity contribution is -0.141. The number of aromatic amines is 1. The van der Waals surface area contributed by atoms with Crippen LogP contribution in [-0.2, 0) is 11.2 Å². The lowest BCUT2D eigenvalue weighted by atomic mass is 10.2. The highest BCUT2D eigenvalue weighted by molar-refractivity contribution is 8.00. The first-order valence-corrected chi connectivity index (χ1v) is 8.21. The smallest absolute Gasteiger partial charge is 0.327 e. The maximum Gasteiger partial charge on any atom is 0.327 e. The Kier molecular flexibility index (Phi) is 5.22. The second-order valence-corrected chi connectivity index (χ2v) is 6.21. The number of aryl methyl sites for hydroxylation is 1. The summed E-state index contributed by atoms with van der Waals surface area (Å²) in [4.78, 5) is 29.5. The molecule has 1 aliphatic heterocycles. The Hall–Kier alpha value is -1.57. The van der Waals surface area contributed by atoms with Gasteiger partial charge in [-0.25, -0.2) is 9.78 Å². The topological polar surface area (TPSA) is 99.2 Å². The van der Waals surface area contributed by atoms with E-state index in [9.17, 15) is 14.7 Å². The molecule has 0 spiro atoms. The van der Waals surface area contributed by atoms with Crippen molar-refractivity contribution in [1.29, 1.82) is 0 Å². The van der Waals surface area contributed by atoms with Crippen LogP contribution >= 0.6 is 11.8 Å². The molecule has 2 N–H and O–H groups in total. The van der Waals surface area contributed by atoms with Crippen LogP contribution in [0.4, 0.5) is 0 Å². The zero-order valence-electron chi connectivity index (χ0n) is 12.2. The zero-order valence-corrected chi connectivity index (χ0v) is 13.0. The van der Waals surface area contributed by atoms with Gasteiger partial charge in [0.15, 0.2) is 0 Å². The van der Waals surface area contributed by atoms with Crippen LogP contribution in [0.2, 0.25) is 0 Å². The minimum atomic E-state index is -0.973. The van der Waals surface area contributed by atoms with Gasteiger partial charge < -0.3 is 10.0 Å². The molecule has 2 heterocycles. The fourth-order valence-corrected chi connectivity index (χ4v) is 3.86. The summed E-state index contributed by atoms with van der Waals surface area (Å²) in [7, 11) is 0. The summed E-state index contributed by atoms with van der Waals surface area (Å²) < 4.78 is 0. The van der Waals surface area contributed by atoms with Crippen LogP contribution in [0.3, 0.4) is 0 Å². The zero-order chi connectivity index (χ0) is 15.4. The number of carboxylic acid groups (broad SMARTS) is 1. The molecule has 2 unspecified atom stereocenters. The Morgan fingerprint density at radius 2 is 2.19 bits per heavy atom. The fourth-order valence-electron chi connectivity index (χ4n) is 2.35. The van der Waals surface area contributed by atoms with Crippen molar-refractivity contribution in [3.05, 3.63) is 11.6 Å². The number of carboxylic acids is 1. The molecule has 2 rings (SSSR count). The molecule has 1 fully saturated rings. The molecule has 1 aromatic heterocycles. The number of aromatic nitrogens is 3. The van der Waals surface area contributed by atoms with E-state index in [1.807, 2.05) is 13.8 Å². The normalized spacial score (nSPS) is 21.7. The summed E-state index contributed by atoms with van der Waals surface area (Å²) in [5.41, 5.74) is 0. The third-order valence-electron chi connectivity index (χ3n) is 3.36. The van der Waals surface area contributed by atoms with Gasteiger partial charge in [0.05, 0.1) is 5.37 Å². The Balaban J connectivity index is 2.21. The molecule has 8 heteroatoms. The molecular weight excluding hydrogens is 292 g/mol. The van der Waals surface area contributed by atoms with E-state index < -0.39 is 17.9 Å². The van der Waals surface area contributed by atoms with E-state index in [1.54, 1.807) is 0 Å². The van der Waals surface area contributed by atoms with Crippen LogP contribution in [-0.4, -0.2) is 54.2 Å². The minimum absolute atomic E-state index is 0.0632. The molecule has 0 bridgehead atoms.